The lowest BCUT2D eigenvalue weighted by molar-refractivity contribution is 0.0938. The number of hydrogen-bond acceptors (Lipinski definition) is 9. The Morgan fingerprint density at radius 2 is 2.34 bits per heavy atom. The summed E-state index contributed by atoms with van der Waals surface area (Å²) < 4.78 is 12.9. The molecule has 2 aliphatic heterocycles. The van der Waals surface area contributed by atoms with Crippen molar-refractivity contribution in [2.24, 2.45) is 0 Å². The first-order valence-corrected chi connectivity index (χ1v) is 10.3. The van der Waals surface area contributed by atoms with Crippen molar-refractivity contribution < 1.29 is 14.6 Å². The highest BCUT2D eigenvalue weighted by Crippen LogP contribution is 2.41. The van der Waals surface area contributed by atoms with E-state index in [4.69, 9.17) is 9.47 Å². The number of fused-ring (bicyclic) bond motifs is 2. The Balaban J connectivity index is 1.46. The number of aromatic nitrogens is 4. The third kappa shape index (κ3) is 3.32. The lowest BCUT2D eigenvalue weighted by Crippen LogP contribution is -2.28. The Morgan fingerprint density at radius 3 is 3.12 bits per heavy atom. The molecule has 0 bridgehead atoms. The molecule has 10 nitrogen and oxygen atoms in total. The van der Waals surface area contributed by atoms with Crippen molar-refractivity contribution in [3.63, 3.8) is 0 Å². The molecule has 5 rings (SSSR count). The average molecular weight is 433 g/mol. The molecule has 2 atom stereocenters. The third-order valence-corrected chi connectivity index (χ3v) is 5.91. The number of nitrogens with zero attached hydrogens (tertiary/aromatic N) is 5. The van der Waals surface area contributed by atoms with E-state index in [1.54, 1.807) is 36.3 Å². The van der Waals surface area contributed by atoms with E-state index in [0.717, 1.165) is 16.8 Å². The number of benzene rings is 1. The fraction of sp³-hybridized carbons (Fsp3) is 0.364. The second-order valence-corrected chi connectivity index (χ2v) is 8.26. The topological polar surface area (TPSA) is 130 Å². The van der Waals surface area contributed by atoms with Crippen LogP contribution in [0, 0.1) is 11.3 Å². The molecule has 0 spiro atoms. The molecular formula is C22H23N7O3. The molecule has 2 aromatic heterocycles. The summed E-state index contributed by atoms with van der Waals surface area (Å²) in [5.41, 5.74) is 3.87. The Morgan fingerprint density at radius 1 is 1.47 bits per heavy atom. The maximum Gasteiger partial charge on any atom is 0.236 e. The molecule has 4 heterocycles. The predicted octanol–water partition coefficient (Wildman–Crippen LogP) is 2.04. The van der Waals surface area contributed by atoms with Gasteiger partial charge in [0.15, 0.2) is 0 Å². The normalized spacial score (nSPS) is 20.8. The molecule has 0 amide bonds. The van der Waals surface area contributed by atoms with Gasteiger partial charge in [-0.2, -0.15) is 10.4 Å². The molecule has 164 valence electrons. The van der Waals surface area contributed by atoms with Crippen LogP contribution in [0.4, 0.5) is 17.3 Å². The van der Waals surface area contributed by atoms with E-state index in [1.165, 1.54) is 0 Å². The van der Waals surface area contributed by atoms with Gasteiger partial charge in [-0.3, -0.25) is 0 Å². The van der Waals surface area contributed by atoms with Crippen LogP contribution in [0.15, 0.2) is 30.6 Å². The molecule has 3 N–H and O–H groups in total. The Bertz CT molecular complexity index is 1220. The minimum atomic E-state index is -0.458. The van der Waals surface area contributed by atoms with Crippen molar-refractivity contribution in [3.8, 4) is 23.2 Å². The fourth-order valence-corrected chi connectivity index (χ4v) is 4.14. The molecular weight excluding hydrogens is 410 g/mol. The molecule has 2 aliphatic rings. The highest BCUT2D eigenvalue weighted by Gasteiger charge is 2.36. The fourth-order valence-electron chi connectivity index (χ4n) is 4.14. The van der Waals surface area contributed by atoms with Crippen molar-refractivity contribution in [1.29, 1.82) is 5.26 Å². The molecule has 0 aliphatic carbocycles. The summed E-state index contributed by atoms with van der Waals surface area (Å²) in [5, 5.41) is 30.4. The van der Waals surface area contributed by atoms with Crippen LogP contribution in [0.25, 0.3) is 11.3 Å². The molecule has 0 saturated heterocycles. The lowest BCUT2D eigenvalue weighted by Gasteiger charge is -2.21. The highest BCUT2D eigenvalue weighted by atomic mass is 16.5. The van der Waals surface area contributed by atoms with Gasteiger partial charge in [0.05, 0.1) is 42.9 Å². The minimum absolute atomic E-state index is 0.0191. The molecule has 0 radical (unpaired) electrons. The van der Waals surface area contributed by atoms with Gasteiger partial charge in [0, 0.05) is 30.8 Å². The first kappa shape index (κ1) is 20.2. The number of nitrogens with one attached hydrogen (secondary N) is 2. The molecule has 1 aromatic carbocycles. The number of aliphatic hydroxyl groups is 1. The summed E-state index contributed by atoms with van der Waals surface area (Å²) in [7, 11) is 1.64. The number of ether oxygens (including phenoxy) is 2. The molecule has 10 heteroatoms. The van der Waals surface area contributed by atoms with Crippen molar-refractivity contribution in [2.45, 2.75) is 25.0 Å². The zero-order valence-electron chi connectivity index (χ0n) is 17.8. The van der Waals surface area contributed by atoms with Gasteiger partial charge in [-0.1, -0.05) is 6.92 Å². The number of aliphatic hydroxyl groups excluding tert-OH is 1. The van der Waals surface area contributed by atoms with E-state index in [1.807, 2.05) is 13.0 Å². The van der Waals surface area contributed by atoms with E-state index in [-0.39, 0.29) is 12.7 Å². The zero-order chi connectivity index (χ0) is 22.3. The first-order chi connectivity index (χ1) is 15.5. The van der Waals surface area contributed by atoms with Crippen molar-refractivity contribution in [1.82, 2.24) is 19.7 Å². The van der Waals surface area contributed by atoms with E-state index < -0.39 is 5.41 Å². The maximum absolute atomic E-state index is 9.93. The van der Waals surface area contributed by atoms with Gasteiger partial charge in [-0.15, -0.1) is 0 Å². The summed E-state index contributed by atoms with van der Waals surface area (Å²) in [6.45, 7) is 3.63. The van der Waals surface area contributed by atoms with Crippen LogP contribution >= 0.6 is 0 Å². The molecule has 3 aromatic rings. The smallest absolute Gasteiger partial charge is 0.236 e. The molecule has 0 fully saturated rings. The van der Waals surface area contributed by atoms with Crippen molar-refractivity contribution >= 4 is 17.3 Å². The van der Waals surface area contributed by atoms with Crippen LogP contribution in [0.5, 0.6) is 5.88 Å². The quantitative estimate of drug-likeness (QED) is 0.534. The van der Waals surface area contributed by atoms with Gasteiger partial charge in [0.2, 0.25) is 11.8 Å². The van der Waals surface area contributed by atoms with E-state index in [2.05, 4.69) is 31.8 Å². The highest BCUT2D eigenvalue weighted by molar-refractivity contribution is 5.76. The van der Waals surface area contributed by atoms with E-state index >= 15 is 0 Å². The Hall–Kier alpha value is -3.68. The number of hydrogen-bond donors (Lipinski definition) is 3. The van der Waals surface area contributed by atoms with Crippen LogP contribution in [0.2, 0.25) is 0 Å². The summed E-state index contributed by atoms with van der Waals surface area (Å²) in [5.74, 6) is 1.01. The second kappa shape index (κ2) is 7.78. The van der Waals surface area contributed by atoms with Crippen LogP contribution in [0.1, 0.15) is 18.1 Å². The van der Waals surface area contributed by atoms with Crippen LogP contribution in [-0.2, 0) is 16.7 Å². The number of anilines is 3. The molecule has 32 heavy (non-hydrogen) atoms. The summed E-state index contributed by atoms with van der Waals surface area (Å²) >= 11 is 0. The van der Waals surface area contributed by atoms with Gasteiger partial charge >= 0.3 is 0 Å². The van der Waals surface area contributed by atoms with Crippen LogP contribution < -0.4 is 15.4 Å². The van der Waals surface area contributed by atoms with Gasteiger partial charge < -0.3 is 25.2 Å². The largest absolute Gasteiger partial charge is 0.469 e. The average Bonchev–Trinajstić information content (AvgIpc) is 3.48. The maximum atomic E-state index is 9.93. The van der Waals surface area contributed by atoms with Gasteiger partial charge in [-0.05, 0) is 23.8 Å². The van der Waals surface area contributed by atoms with Gasteiger partial charge in [-0.25, -0.2) is 14.6 Å². The Kier molecular flexibility index (Phi) is 4.92. The second-order valence-electron chi connectivity index (χ2n) is 8.26. The van der Waals surface area contributed by atoms with E-state index in [0.29, 0.717) is 48.5 Å². The summed E-state index contributed by atoms with van der Waals surface area (Å²) in [6.07, 6.45) is 3.25. The van der Waals surface area contributed by atoms with Crippen LogP contribution in [-0.4, -0.2) is 57.8 Å². The number of nitriles is 1. The number of rotatable bonds is 6. The van der Waals surface area contributed by atoms with Gasteiger partial charge in [0.25, 0.3) is 0 Å². The van der Waals surface area contributed by atoms with Crippen LogP contribution in [0.3, 0.4) is 0 Å². The third-order valence-electron chi connectivity index (χ3n) is 5.91. The summed E-state index contributed by atoms with van der Waals surface area (Å²) in [4.78, 5) is 8.96. The monoisotopic (exact) mass is 433 g/mol. The van der Waals surface area contributed by atoms with Gasteiger partial charge in [0.1, 0.15) is 17.9 Å². The molecule has 0 saturated carbocycles. The zero-order valence-corrected chi connectivity index (χ0v) is 17.8. The molecule has 0 unspecified atom stereocenters. The standard InChI is InChI=1S/C22H23N7O3/c1-22(12-30)11-25-19-14(7-23)5-13(6-16(19)22)17-3-4-24-21(27-17)28-18-8-26-29-9-15(10-31-2)32-20(18)29/h3-6,8,15,25,30H,9-12H2,1-2H3,(H,24,27,28)/t15-,22+/m0/s1. The van der Waals surface area contributed by atoms with Crippen molar-refractivity contribution in [2.75, 3.05) is 37.5 Å². The summed E-state index contributed by atoms with van der Waals surface area (Å²) in [6, 6.07) is 7.83. The lowest BCUT2D eigenvalue weighted by atomic mass is 9.83. The SMILES string of the molecule is COC[C@@H]1Cn2ncc(Nc3nccc(-c4cc(C#N)c5c(c4)[C@@](C)(CO)CN5)n3)c2O1. The van der Waals surface area contributed by atoms with Crippen molar-refractivity contribution in [3.05, 3.63) is 41.7 Å². The minimum Gasteiger partial charge on any atom is -0.469 e. The number of methoxy groups -OCH3 is 1. The Labute approximate surface area is 184 Å². The predicted molar refractivity (Wildman–Crippen MR) is 117 cm³/mol. The van der Waals surface area contributed by atoms with E-state index in [9.17, 15) is 10.4 Å². The first-order valence-electron chi connectivity index (χ1n) is 10.3.